The number of carbonyl (C=O) groups is 1. The van der Waals surface area contributed by atoms with Crippen molar-refractivity contribution in [2.45, 2.75) is 18.2 Å². The zero-order valence-electron chi connectivity index (χ0n) is 16.9. The van der Waals surface area contributed by atoms with Crippen LogP contribution in [0.15, 0.2) is 83.8 Å². The maximum absolute atomic E-state index is 13.4. The minimum atomic E-state index is -3.99. The molecule has 1 N–H and O–H groups in total. The van der Waals surface area contributed by atoms with E-state index in [1.807, 2.05) is 19.1 Å². The molecule has 0 atom stereocenters. The van der Waals surface area contributed by atoms with Gasteiger partial charge in [-0.05, 0) is 48.4 Å². The standard InChI is InChI=1S/C23H24N2O4S/c1-3-18-13-15-19(16-14-18)24-23(26)17-25(21-11-7-8-12-22(21)29-2)30(27,28)20-9-5-4-6-10-20/h4-16H,3,17H2,1-2H3,(H,24,26). The van der Waals surface area contributed by atoms with Crippen LogP contribution in [0.4, 0.5) is 11.4 Å². The average Bonchev–Trinajstić information content (AvgIpc) is 2.78. The van der Waals surface area contributed by atoms with Gasteiger partial charge in [-0.2, -0.15) is 0 Å². The van der Waals surface area contributed by atoms with Crippen LogP contribution in [-0.2, 0) is 21.2 Å². The first-order chi connectivity index (χ1) is 14.5. The van der Waals surface area contributed by atoms with Gasteiger partial charge in [0.15, 0.2) is 0 Å². The number of aryl methyl sites for hydroxylation is 1. The molecule has 0 heterocycles. The molecule has 30 heavy (non-hydrogen) atoms. The van der Waals surface area contributed by atoms with Gasteiger partial charge in [0.2, 0.25) is 5.91 Å². The fourth-order valence-corrected chi connectivity index (χ4v) is 4.46. The summed E-state index contributed by atoms with van der Waals surface area (Å²) in [7, 11) is -2.53. The van der Waals surface area contributed by atoms with E-state index in [0.29, 0.717) is 17.1 Å². The Balaban J connectivity index is 1.94. The molecule has 0 bridgehead atoms. The summed E-state index contributed by atoms with van der Waals surface area (Å²) in [5.74, 6) is -0.0956. The van der Waals surface area contributed by atoms with Crippen LogP contribution < -0.4 is 14.4 Å². The fourth-order valence-electron chi connectivity index (χ4n) is 3.01. The second-order valence-corrected chi connectivity index (χ2v) is 8.46. The molecule has 1 amide bonds. The van der Waals surface area contributed by atoms with E-state index in [1.165, 1.54) is 19.2 Å². The van der Waals surface area contributed by atoms with Gasteiger partial charge in [0.25, 0.3) is 10.0 Å². The van der Waals surface area contributed by atoms with Gasteiger partial charge in [0.1, 0.15) is 12.3 Å². The normalized spacial score (nSPS) is 11.0. The summed E-state index contributed by atoms with van der Waals surface area (Å²) in [6, 6.07) is 22.2. The molecule has 0 fully saturated rings. The number of para-hydroxylation sites is 2. The van der Waals surface area contributed by atoms with Crippen LogP contribution in [-0.4, -0.2) is 28.0 Å². The molecular weight excluding hydrogens is 400 g/mol. The number of amides is 1. The molecule has 6 nitrogen and oxygen atoms in total. The smallest absolute Gasteiger partial charge is 0.264 e. The third kappa shape index (κ3) is 4.80. The number of hydrogen-bond donors (Lipinski definition) is 1. The van der Waals surface area contributed by atoms with Gasteiger partial charge in [-0.15, -0.1) is 0 Å². The highest BCUT2D eigenvalue weighted by Crippen LogP contribution is 2.32. The minimum absolute atomic E-state index is 0.0935. The van der Waals surface area contributed by atoms with E-state index in [-0.39, 0.29) is 4.90 Å². The SMILES string of the molecule is CCc1ccc(NC(=O)CN(c2ccccc2OC)S(=O)(=O)c2ccccc2)cc1. The number of anilines is 2. The van der Waals surface area contributed by atoms with Crippen LogP contribution in [0.1, 0.15) is 12.5 Å². The lowest BCUT2D eigenvalue weighted by Crippen LogP contribution is -2.38. The lowest BCUT2D eigenvalue weighted by molar-refractivity contribution is -0.114. The molecule has 0 radical (unpaired) electrons. The molecule has 3 aromatic rings. The third-order valence-electron chi connectivity index (χ3n) is 4.62. The highest BCUT2D eigenvalue weighted by atomic mass is 32.2. The monoisotopic (exact) mass is 424 g/mol. The Labute approximate surface area is 177 Å². The van der Waals surface area contributed by atoms with Crippen LogP contribution >= 0.6 is 0 Å². The van der Waals surface area contributed by atoms with Crippen LogP contribution in [0.2, 0.25) is 0 Å². The number of benzene rings is 3. The van der Waals surface area contributed by atoms with Gasteiger partial charge in [-0.3, -0.25) is 9.10 Å². The van der Waals surface area contributed by atoms with E-state index in [4.69, 9.17) is 4.74 Å². The summed E-state index contributed by atoms with van der Waals surface area (Å²) in [6.07, 6.45) is 0.894. The van der Waals surface area contributed by atoms with Crippen molar-refractivity contribution < 1.29 is 17.9 Å². The number of hydrogen-bond acceptors (Lipinski definition) is 4. The molecule has 0 saturated heterocycles. The first kappa shape index (κ1) is 21.4. The molecule has 3 aromatic carbocycles. The first-order valence-electron chi connectivity index (χ1n) is 9.55. The molecule has 7 heteroatoms. The van der Waals surface area contributed by atoms with Gasteiger partial charge in [0.05, 0.1) is 17.7 Å². The molecule has 0 aliphatic heterocycles. The number of rotatable bonds is 8. The fraction of sp³-hybridized carbons (Fsp3) is 0.174. The Hall–Kier alpha value is -3.32. The molecular formula is C23H24N2O4S. The molecule has 3 rings (SSSR count). The van der Waals surface area contributed by atoms with Crippen molar-refractivity contribution in [3.05, 3.63) is 84.4 Å². The van der Waals surface area contributed by atoms with Gasteiger partial charge in [-0.1, -0.05) is 49.4 Å². The highest BCUT2D eigenvalue weighted by molar-refractivity contribution is 7.92. The Kier molecular flexibility index (Phi) is 6.74. The zero-order valence-corrected chi connectivity index (χ0v) is 17.7. The van der Waals surface area contributed by atoms with Crippen molar-refractivity contribution in [2.75, 3.05) is 23.3 Å². The summed E-state index contributed by atoms with van der Waals surface area (Å²) in [6.45, 7) is 1.65. The van der Waals surface area contributed by atoms with E-state index < -0.39 is 22.5 Å². The summed E-state index contributed by atoms with van der Waals surface area (Å²) >= 11 is 0. The summed E-state index contributed by atoms with van der Waals surface area (Å²) in [5, 5.41) is 2.77. The van der Waals surface area contributed by atoms with E-state index in [1.54, 1.807) is 54.6 Å². The second-order valence-electron chi connectivity index (χ2n) is 6.60. The Bertz CT molecular complexity index is 1100. The lowest BCUT2D eigenvalue weighted by atomic mass is 10.1. The van der Waals surface area contributed by atoms with Crippen molar-refractivity contribution >= 4 is 27.3 Å². The van der Waals surface area contributed by atoms with Gasteiger partial charge < -0.3 is 10.1 Å². The predicted molar refractivity (Wildman–Crippen MR) is 118 cm³/mol. The molecule has 156 valence electrons. The van der Waals surface area contributed by atoms with Gasteiger partial charge >= 0.3 is 0 Å². The van der Waals surface area contributed by atoms with Crippen molar-refractivity contribution in [1.29, 1.82) is 0 Å². The number of nitrogens with zero attached hydrogens (tertiary/aromatic N) is 1. The predicted octanol–water partition coefficient (Wildman–Crippen LogP) is 4.09. The molecule has 0 saturated carbocycles. The largest absolute Gasteiger partial charge is 0.495 e. The average molecular weight is 425 g/mol. The summed E-state index contributed by atoms with van der Waals surface area (Å²) in [4.78, 5) is 12.9. The summed E-state index contributed by atoms with van der Waals surface area (Å²) in [5.41, 5.74) is 2.05. The topological polar surface area (TPSA) is 75.7 Å². The molecule has 0 aromatic heterocycles. The van der Waals surface area contributed by atoms with Crippen LogP contribution in [0.5, 0.6) is 5.75 Å². The number of nitrogens with one attached hydrogen (secondary N) is 1. The number of ether oxygens (including phenoxy) is 1. The summed E-state index contributed by atoms with van der Waals surface area (Å²) < 4.78 is 33.1. The van der Waals surface area contributed by atoms with E-state index >= 15 is 0 Å². The molecule has 0 unspecified atom stereocenters. The molecule has 0 aliphatic carbocycles. The van der Waals surface area contributed by atoms with Gasteiger partial charge in [-0.25, -0.2) is 8.42 Å². The lowest BCUT2D eigenvalue weighted by Gasteiger charge is -2.25. The van der Waals surface area contributed by atoms with E-state index in [9.17, 15) is 13.2 Å². The van der Waals surface area contributed by atoms with Crippen molar-refractivity contribution in [1.82, 2.24) is 0 Å². The number of sulfonamides is 1. The van der Waals surface area contributed by atoms with Crippen molar-refractivity contribution in [2.24, 2.45) is 0 Å². The molecule has 0 aliphatic rings. The second kappa shape index (κ2) is 9.45. The maximum Gasteiger partial charge on any atom is 0.264 e. The van der Waals surface area contributed by atoms with E-state index in [2.05, 4.69) is 5.32 Å². The number of methoxy groups -OCH3 is 1. The third-order valence-corrected chi connectivity index (χ3v) is 6.39. The minimum Gasteiger partial charge on any atom is -0.495 e. The molecule has 0 spiro atoms. The van der Waals surface area contributed by atoms with Gasteiger partial charge in [0, 0.05) is 5.69 Å². The number of carbonyl (C=O) groups excluding carboxylic acids is 1. The van der Waals surface area contributed by atoms with Crippen LogP contribution in [0.3, 0.4) is 0 Å². The Morgan fingerprint density at radius 1 is 0.933 bits per heavy atom. The quantitative estimate of drug-likeness (QED) is 0.591. The van der Waals surface area contributed by atoms with E-state index in [0.717, 1.165) is 16.3 Å². The zero-order chi connectivity index (χ0) is 21.6. The first-order valence-corrected chi connectivity index (χ1v) is 11.0. The Morgan fingerprint density at radius 2 is 1.57 bits per heavy atom. The maximum atomic E-state index is 13.4. The van der Waals surface area contributed by atoms with Crippen molar-refractivity contribution in [3.63, 3.8) is 0 Å². The van der Waals surface area contributed by atoms with Crippen LogP contribution in [0, 0.1) is 0 Å². The van der Waals surface area contributed by atoms with Crippen molar-refractivity contribution in [3.8, 4) is 5.75 Å². The van der Waals surface area contributed by atoms with Crippen LogP contribution in [0.25, 0.3) is 0 Å². The highest BCUT2D eigenvalue weighted by Gasteiger charge is 2.29. The Morgan fingerprint density at radius 3 is 2.20 bits per heavy atom.